The molecule has 3 nitrogen and oxygen atoms in total. The van der Waals surface area contributed by atoms with Gasteiger partial charge in [-0.3, -0.25) is 0 Å². The van der Waals surface area contributed by atoms with E-state index in [-0.39, 0.29) is 0 Å². The maximum atomic E-state index is 10.3. The highest BCUT2D eigenvalue weighted by Gasteiger charge is 2.15. The van der Waals surface area contributed by atoms with Gasteiger partial charge in [0.1, 0.15) is 5.94 Å². The van der Waals surface area contributed by atoms with Gasteiger partial charge in [-0.25, -0.2) is 4.79 Å². The topological polar surface area (TPSA) is 23.6 Å². The molecule has 1 aliphatic heterocycles. The van der Waals surface area contributed by atoms with Crippen molar-refractivity contribution in [3.8, 4) is 0 Å². The van der Waals surface area contributed by atoms with Crippen molar-refractivity contribution in [3.05, 3.63) is 5.70 Å². The molecule has 1 aliphatic rings. The van der Waals surface area contributed by atoms with Crippen LogP contribution in [0.25, 0.3) is 0 Å². The molecule has 0 unspecified atom stereocenters. The second-order valence-electron chi connectivity index (χ2n) is 3.11. The van der Waals surface area contributed by atoms with Crippen LogP contribution in [0.4, 0.5) is 0 Å². The van der Waals surface area contributed by atoms with Gasteiger partial charge >= 0.3 is 0 Å². The van der Waals surface area contributed by atoms with Crippen molar-refractivity contribution in [1.29, 1.82) is 0 Å². The van der Waals surface area contributed by atoms with Gasteiger partial charge in [0.05, 0.1) is 5.70 Å². The van der Waals surface area contributed by atoms with Gasteiger partial charge in [0, 0.05) is 26.2 Å². The fourth-order valence-corrected chi connectivity index (χ4v) is 1.46. The Bertz CT molecular complexity index is 189. The highest BCUT2D eigenvalue weighted by molar-refractivity contribution is 5.50. The molecule has 0 aromatic rings. The fraction of sp³-hybridized carbons (Fsp3) is 0.778. The van der Waals surface area contributed by atoms with Crippen molar-refractivity contribution < 1.29 is 4.79 Å². The molecule has 0 saturated carbocycles. The number of allylic oxidation sites excluding steroid dienone is 1. The molecule has 0 radical (unpaired) electrons. The molecule has 0 aromatic carbocycles. The predicted molar refractivity (Wildman–Crippen MR) is 48.6 cm³/mol. The van der Waals surface area contributed by atoms with Crippen LogP contribution in [-0.4, -0.2) is 48.5 Å². The van der Waals surface area contributed by atoms with E-state index in [4.69, 9.17) is 0 Å². The fourth-order valence-electron chi connectivity index (χ4n) is 1.46. The first-order valence-corrected chi connectivity index (χ1v) is 4.47. The molecule has 0 bridgehead atoms. The van der Waals surface area contributed by atoms with Crippen LogP contribution in [0.5, 0.6) is 0 Å². The van der Waals surface area contributed by atoms with Gasteiger partial charge in [-0.2, -0.15) is 0 Å². The molecule has 1 saturated heterocycles. The molecule has 0 N–H and O–H groups in total. The molecule has 3 heteroatoms. The molecule has 1 rings (SSSR count). The van der Waals surface area contributed by atoms with E-state index in [2.05, 4.69) is 16.7 Å². The Morgan fingerprint density at radius 3 is 2.33 bits per heavy atom. The summed E-state index contributed by atoms with van der Waals surface area (Å²) in [6.07, 6.45) is 0. The maximum absolute atomic E-state index is 10.3. The number of carbonyl (C=O) groups excluding carboxylic acids is 1. The number of rotatable bonds is 2. The van der Waals surface area contributed by atoms with Crippen LogP contribution < -0.4 is 0 Å². The Kier molecular flexibility index (Phi) is 3.32. The van der Waals surface area contributed by atoms with Crippen molar-refractivity contribution in [2.24, 2.45) is 0 Å². The van der Waals surface area contributed by atoms with Gasteiger partial charge in [0.25, 0.3) is 0 Å². The summed E-state index contributed by atoms with van der Waals surface area (Å²) in [5.74, 6) is 1.94. The minimum Gasteiger partial charge on any atom is -0.364 e. The van der Waals surface area contributed by atoms with Gasteiger partial charge in [0.2, 0.25) is 0 Å². The molecule has 12 heavy (non-hydrogen) atoms. The van der Waals surface area contributed by atoms with Crippen molar-refractivity contribution >= 4 is 5.94 Å². The zero-order chi connectivity index (χ0) is 8.97. The Morgan fingerprint density at radius 1 is 1.33 bits per heavy atom. The van der Waals surface area contributed by atoms with Crippen LogP contribution in [-0.2, 0) is 4.79 Å². The Labute approximate surface area is 73.6 Å². The molecule has 1 fully saturated rings. The lowest BCUT2D eigenvalue weighted by Gasteiger charge is -2.34. The summed E-state index contributed by atoms with van der Waals surface area (Å²) in [4.78, 5) is 14.8. The summed E-state index contributed by atoms with van der Waals surface area (Å²) >= 11 is 0. The number of hydrogen-bond acceptors (Lipinski definition) is 3. The third-order valence-electron chi connectivity index (χ3n) is 2.44. The third-order valence-corrected chi connectivity index (χ3v) is 2.44. The largest absolute Gasteiger partial charge is 0.364 e. The Hall–Kier alpha value is -0.790. The third kappa shape index (κ3) is 2.10. The summed E-state index contributed by atoms with van der Waals surface area (Å²) in [5, 5.41) is 0. The maximum Gasteiger partial charge on any atom is 0.145 e. The van der Waals surface area contributed by atoms with Crippen LogP contribution in [0.2, 0.25) is 0 Å². The average Bonchev–Trinajstić information content (AvgIpc) is 2.17. The van der Waals surface area contributed by atoms with Crippen LogP contribution in [0.15, 0.2) is 5.70 Å². The molecule has 0 aromatic heterocycles. The second kappa shape index (κ2) is 4.29. The average molecular weight is 168 g/mol. The lowest BCUT2D eigenvalue weighted by molar-refractivity contribution is 0.166. The van der Waals surface area contributed by atoms with Crippen molar-refractivity contribution in [2.45, 2.75) is 13.8 Å². The highest BCUT2D eigenvalue weighted by Crippen LogP contribution is 2.05. The standard InChI is InChI=1S/C9H16N2O/c1-3-10-4-6-11(7-5-10)9(2)8-12/h3-7H2,1-2H3. The van der Waals surface area contributed by atoms with E-state index in [1.165, 1.54) is 0 Å². The molecule has 0 amide bonds. The zero-order valence-corrected chi connectivity index (χ0v) is 7.84. The van der Waals surface area contributed by atoms with E-state index in [1.807, 2.05) is 12.9 Å². The minimum absolute atomic E-state index is 0.741. The van der Waals surface area contributed by atoms with Gasteiger partial charge in [0.15, 0.2) is 0 Å². The first kappa shape index (κ1) is 9.30. The summed E-state index contributed by atoms with van der Waals surface area (Å²) in [6.45, 7) is 9.17. The Balaban J connectivity index is 2.41. The molecule has 0 spiro atoms. The lowest BCUT2D eigenvalue weighted by Crippen LogP contribution is -2.45. The van der Waals surface area contributed by atoms with Gasteiger partial charge in [-0.05, 0) is 13.5 Å². The summed E-state index contributed by atoms with van der Waals surface area (Å²) in [5.41, 5.74) is 0.741. The molecular formula is C9H16N2O. The molecule has 1 heterocycles. The first-order valence-electron chi connectivity index (χ1n) is 4.47. The summed E-state index contributed by atoms with van der Waals surface area (Å²) < 4.78 is 0. The molecular weight excluding hydrogens is 152 g/mol. The molecule has 68 valence electrons. The smallest absolute Gasteiger partial charge is 0.145 e. The second-order valence-corrected chi connectivity index (χ2v) is 3.11. The quantitative estimate of drug-likeness (QED) is 0.556. The molecule has 0 aliphatic carbocycles. The van der Waals surface area contributed by atoms with E-state index in [1.54, 1.807) is 0 Å². The van der Waals surface area contributed by atoms with Crippen LogP contribution in [0.3, 0.4) is 0 Å². The minimum atomic E-state index is 0.741. The van der Waals surface area contributed by atoms with Gasteiger partial charge in [-0.15, -0.1) is 0 Å². The zero-order valence-electron chi connectivity index (χ0n) is 7.84. The van der Waals surface area contributed by atoms with Gasteiger partial charge < -0.3 is 9.80 Å². The van der Waals surface area contributed by atoms with Crippen molar-refractivity contribution in [2.75, 3.05) is 32.7 Å². The number of likely N-dealkylation sites (N-methyl/N-ethyl adjacent to an activating group) is 1. The highest BCUT2D eigenvalue weighted by atomic mass is 16.1. The summed E-state index contributed by atoms with van der Waals surface area (Å²) in [7, 11) is 0. The van der Waals surface area contributed by atoms with Crippen LogP contribution in [0.1, 0.15) is 13.8 Å². The Morgan fingerprint density at radius 2 is 1.92 bits per heavy atom. The molecule has 0 atom stereocenters. The van der Waals surface area contributed by atoms with E-state index in [0.717, 1.165) is 38.4 Å². The SMILES string of the molecule is CCN1CCN(C(C)=C=O)CC1. The first-order chi connectivity index (χ1) is 5.77. The summed E-state index contributed by atoms with van der Waals surface area (Å²) in [6, 6.07) is 0. The lowest BCUT2D eigenvalue weighted by atomic mass is 10.3. The van der Waals surface area contributed by atoms with Crippen LogP contribution in [0, 0.1) is 0 Å². The van der Waals surface area contributed by atoms with E-state index >= 15 is 0 Å². The van der Waals surface area contributed by atoms with Crippen molar-refractivity contribution in [3.63, 3.8) is 0 Å². The van der Waals surface area contributed by atoms with Gasteiger partial charge in [-0.1, -0.05) is 6.92 Å². The predicted octanol–water partition coefficient (Wildman–Crippen LogP) is 0.359. The monoisotopic (exact) mass is 168 g/mol. The number of hydrogen-bond donors (Lipinski definition) is 0. The van der Waals surface area contributed by atoms with E-state index in [9.17, 15) is 4.79 Å². The van der Waals surface area contributed by atoms with E-state index < -0.39 is 0 Å². The van der Waals surface area contributed by atoms with Crippen LogP contribution >= 0.6 is 0 Å². The normalized spacial score (nSPS) is 19.0. The number of nitrogens with zero attached hydrogens (tertiary/aromatic N) is 2. The number of piperazine rings is 1. The van der Waals surface area contributed by atoms with Crippen molar-refractivity contribution in [1.82, 2.24) is 9.80 Å². The van der Waals surface area contributed by atoms with E-state index in [0.29, 0.717) is 0 Å².